The summed E-state index contributed by atoms with van der Waals surface area (Å²) in [4.78, 5) is 2.58. The number of nitrogens with one attached hydrogen (secondary N) is 1. The van der Waals surface area contributed by atoms with Gasteiger partial charge in [-0.05, 0) is 44.9 Å². The molecule has 0 radical (unpaired) electrons. The van der Waals surface area contributed by atoms with Gasteiger partial charge in [0.05, 0.1) is 13.2 Å². The molecule has 1 heterocycles. The van der Waals surface area contributed by atoms with Crippen LogP contribution in [0.15, 0.2) is 0 Å². The minimum atomic E-state index is 0.245. The molecule has 0 spiro atoms. The third-order valence-corrected chi connectivity index (χ3v) is 5.28. The lowest BCUT2D eigenvalue weighted by Gasteiger charge is -2.42. The van der Waals surface area contributed by atoms with Crippen LogP contribution in [0.3, 0.4) is 0 Å². The largest absolute Gasteiger partial charge is 0.379 e. The lowest BCUT2D eigenvalue weighted by atomic mass is 9.81. The third-order valence-electron chi connectivity index (χ3n) is 5.28. The monoisotopic (exact) mass is 296 g/mol. The molecular weight excluding hydrogens is 260 g/mol. The van der Waals surface area contributed by atoms with Crippen molar-refractivity contribution in [1.82, 2.24) is 10.2 Å². The summed E-state index contributed by atoms with van der Waals surface area (Å²) < 4.78 is 5.48. The van der Waals surface area contributed by atoms with Crippen molar-refractivity contribution in [2.45, 2.75) is 71.4 Å². The molecule has 2 fully saturated rings. The summed E-state index contributed by atoms with van der Waals surface area (Å²) in [5.74, 6) is 1.79. The van der Waals surface area contributed by atoms with Crippen LogP contribution >= 0.6 is 0 Å². The Labute approximate surface area is 131 Å². The molecule has 3 heteroatoms. The minimum Gasteiger partial charge on any atom is -0.379 e. The van der Waals surface area contributed by atoms with E-state index in [9.17, 15) is 0 Å². The summed E-state index contributed by atoms with van der Waals surface area (Å²) in [7, 11) is 0. The minimum absolute atomic E-state index is 0.245. The van der Waals surface area contributed by atoms with E-state index in [0.29, 0.717) is 0 Å². The van der Waals surface area contributed by atoms with Crippen LogP contribution in [0.4, 0.5) is 0 Å². The van der Waals surface area contributed by atoms with E-state index in [1.807, 2.05) is 0 Å². The molecule has 3 nitrogen and oxygen atoms in total. The van der Waals surface area contributed by atoms with E-state index in [-0.39, 0.29) is 5.54 Å². The molecular formula is C18H36N2O. The Bertz CT molecular complexity index is 298. The van der Waals surface area contributed by atoms with Gasteiger partial charge in [-0.2, -0.15) is 0 Å². The lowest BCUT2D eigenvalue weighted by Crippen LogP contribution is -2.56. The van der Waals surface area contributed by atoms with E-state index in [4.69, 9.17) is 4.74 Å². The zero-order valence-electron chi connectivity index (χ0n) is 14.7. The normalized spacial score (nSPS) is 29.0. The molecule has 2 aliphatic rings. The number of ether oxygens (including phenoxy) is 1. The molecule has 1 aliphatic heterocycles. The van der Waals surface area contributed by atoms with Crippen molar-refractivity contribution in [3.05, 3.63) is 0 Å². The van der Waals surface area contributed by atoms with Gasteiger partial charge in [0, 0.05) is 31.2 Å². The predicted octanol–water partition coefficient (Wildman–Crippen LogP) is 3.29. The van der Waals surface area contributed by atoms with Crippen molar-refractivity contribution < 1.29 is 4.74 Å². The summed E-state index contributed by atoms with van der Waals surface area (Å²) in [6, 6.07) is 0.739. The molecule has 0 bridgehead atoms. The Morgan fingerprint density at radius 3 is 2.57 bits per heavy atom. The van der Waals surface area contributed by atoms with Crippen LogP contribution in [-0.2, 0) is 4.74 Å². The van der Waals surface area contributed by atoms with Crippen LogP contribution in [0.5, 0.6) is 0 Å². The quantitative estimate of drug-likeness (QED) is 0.814. The second-order valence-electron chi connectivity index (χ2n) is 8.15. The Morgan fingerprint density at radius 1 is 1.19 bits per heavy atom. The van der Waals surface area contributed by atoms with Crippen LogP contribution < -0.4 is 5.32 Å². The van der Waals surface area contributed by atoms with Gasteiger partial charge in [0.1, 0.15) is 0 Å². The second-order valence-corrected chi connectivity index (χ2v) is 8.15. The molecule has 124 valence electrons. The molecule has 0 aromatic carbocycles. The molecule has 1 saturated heterocycles. The van der Waals surface area contributed by atoms with Gasteiger partial charge in [-0.25, -0.2) is 0 Å². The third kappa shape index (κ3) is 5.54. The van der Waals surface area contributed by atoms with E-state index in [1.165, 1.54) is 32.1 Å². The Hall–Kier alpha value is -0.120. The van der Waals surface area contributed by atoms with E-state index in [0.717, 1.165) is 50.7 Å². The molecule has 0 aromatic heterocycles. The van der Waals surface area contributed by atoms with Gasteiger partial charge in [-0.1, -0.05) is 26.7 Å². The first-order valence-electron chi connectivity index (χ1n) is 9.03. The number of nitrogens with zero attached hydrogens (tertiary/aromatic N) is 1. The van der Waals surface area contributed by atoms with Gasteiger partial charge in [0.2, 0.25) is 0 Å². The van der Waals surface area contributed by atoms with Crippen LogP contribution in [0.25, 0.3) is 0 Å². The topological polar surface area (TPSA) is 24.5 Å². The highest BCUT2D eigenvalue weighted by molar-refractivity contribution is 4.88. The molecule has 1 N–H and O–H groups in total. The average molecular weight is 296 g/mol. The maximum atomic E-state index is 5.48. The molecule has 2 rings (SSSR count). The van der Waals surface area contributed by atoms with Gasteiger partial charge in [0.25, 0.3) is 0 Å². The zero-order chi connectivity index (χ0) is 15.3. The summed E-state index contributed by atoms with van der Waals surface area (Å²) >= 11 is 0. The second kappa shape index (κ2) is 7.94. The average Bonchev–Trinajstić information content (AvgIpc) is 2.46. The van der Waals surface area contributed by atoms with Gasteiger partial charge in [0.15, 0.2) is 0 Å². The van der Waals surface area contributed by atoms with Crippen molar-refractivity contribution in [2.75, 3.05) is 32.8 Å². The fourth-order valence-electron chi connectivity index (χ4n) is 4.03. The van der Waals surface area contributed by atoms with Crippen molar-refractivity contribution in [3.63, 3.8) is 0 Å². The number of hydrogen-bond acceptors (Lipinski definition) is 3. The maximum Gasteiger partial charge on any atom is 0.0594 e. The molecule has 1 aliphatic carbocycles. The first-order valence-corrected chi connectivity index (χ1v) is 9.03. The lowest BCUT2D eigenvalue weighted by molar-refractivity contribution is -0.0109. The maximum absolute atomic E-state index is 5.48. The van der Waals surface area contributed by atoms with Crippen LogP contribution in [0, 0.1) is 11.8 Å². The van der Waals surface area contributed by atoms with Crippen molar-refractivity contribution in [3.8, 4) is 0 Å². The molecule has 0 aromatic rings. The van der Waals surface area contributed by atoms with E-state index in [1.54, 1.807) is 0 Å². The molecule has 2 atom stereocenters. The number of rotatable bonds is 6. The summed E-state index contributed by atoms with van der Waals surface area (Å²) in [5, 5.41) is 3.88. The van der Waals surface area contributed by atoms with Crippen LogP contribution in [0.2, 0.25) is 0 Å². The van der Waals surface area contributed by atoms with Gasteiger partial charge in [-0.15, -0.1) is 0 Å². The van der Waals surface area contributed by atoms with Crippen molar-refractivity contribution in [1.29, 1.82) is 0 Å². The Morgan fingerprint density at radius 2 is 1.90 bits per heavy atom. The highest BCUT2D eigenvalue weighted by Gasteiger charge is 2.30. The zero-order valence-corrected chi connectivity index (χ0v) is 14.7. The summed E-state index contributed by atoms with van der Waals surface area (Å²) in [6.45, 7) is 14.5. The first kappa shape index (κ1) is 17.2. The van der Waals surface area contributed by atoms with Gasteiger partial charge >= 0.3 is 0 Å². The fourth-order valence-corrected chi connectivity index (χ4v) is 4.03. The van der Waals surface area contributed by atoms with Crippen LogP contribution in [0.1, 0.15) is 59.8 Å². The first-order chi connectivity index (χ1) is 9.97. The predicted molar refractivity (Wildman–Crippen MR) is 89.7 cm³/mol. The fraction of sp³-hybridized carbons (Fsp3) is 1.00. The van der Waals surface area contributed by atoms with E-state index < -0.39 is 0 Å². The highest BCUT2D eigenvalue weighted by atomic mass is 16.5. The summed E-state index contributed by atoms with van der Waals surface area (Å²) in [6.07, 6.45) is 7.02. The SMILES string of the molecule is CC(C)CC1CCCC(NCC(C)(C)N2CCOCC2)C1. The number of morpholine rings is 1. The number of hydrogen-bond donors (Lipinski definition) is 1. The molecule has 1 saturated carbocycles. The highest BCUT2D eigenvalue weighted by Crippen LogP contribution is 2.29. The van der Waals surface area contributed by atoms with E-state index >= 15 is 0 Å². The van der Waals surface area contributed by atoms with Gasteiger partial charge < -0.3 is 10.1 Å². The Balaban J connectivity index is 1.75. The standard InChI is InChI=1S/C18H36N2O/c1-15(2)12-16-6-5-7-17(13-16)19-14-18(3,4)20-8-10-21-11-9-20/h15-17,19H,5-14H2,1-4H3. The molecule has 2 unspecified atom stereocenters. The molecule has 0 amide bonds. The van der Waals surface area contributed by atoms with Gasteiger partial charge in [-0.3, -0.25) is 4.90 Å². The smallest absolute Gasteiger partial charge is 0.0594 e. The van der Waals surface area contributed by atoms with E-state index in [2.05, 4.69) is 37.9 Å². The summed E-state index contributed by atoms with van der Waals surface area (Å²) in [5.41, 5.74) is 0.245. The van der Waals surface area contributed by atoms with Crippen LogP contribution in [-0.4, -0.2) is 49.3 Å². The molecule has 21 heavy (non-hydrogen) atoms. The van der Waals surface area contributed by atoms with Crippen molar-refractivity contribution in [2.24, 2.45) is 11.8 Å². The van der Waals surface area contributed by atoms with Crippen molar-refractivity contribution >= 4 is 0 Å². The Kier molecular flexibility index (Phi) is 6.51.